The molecule has 0 unspecified atom stereocenters. The third-order valence-corrected chi connectivity index (χ3v) is 7.18. The zero-order chi connectivity index (χ0) is 23.6. The van der Waals surface area contributed by atoms with Gasteiger partial charge in [-0.1, -0.05) is 49.1 Å². The fraction of sp³-hybridized carbons (Fsp3) is 0.480. The maximum Gasteiger partial charge on any atom is 0.416 e. The van der Waals surface area contributed by atoms with Crippen LogP contribution in [-0.4, -0.2) is 29.9 Å². The molecular formula is C25H29ClF3N3O. The van der Waals surface area contributed by atoms with E-state index in [1.54, 1.807) is 24.3 Å². The SMILES string of the molecule is Nc1ccc(N(Cc2ccccc2C(F)(F)F)[C@H]2CCN(C(=O)C3CCCCC3)C2)cc1Cl. The van der Waals surface area contributed by atoms with Crippen molar-refractivity contribution in [3.63, 3.8) is 0 Å². The van der Waals surface area contributed by atoms with Gasteiger partial charge in [-0.3, -0.25) is 4.79 Å². The standard InChI is InChI=1S/C25H29ClF3N3O/c26-22-14-19(10-11-23(22)30)32(15-18-8-4-5-9-21(18)25(27,28)29)20-12-13-31(16-20)24(33)17-6-2-1-3-7-17/h4-5,8-11,14,17,20H,1-3,6-7,12-13,15-16,30H2/t20-/m0/s1. The summed E-state index contributed by atoms with van der Waals surface area (Å²) >= 11 is 6.26. The Labute approximate surface area is 197 Å². The van der Waals surface area contributed by atoms with Crippen LogP contribution in [0, 0.1) is 5.92 Å². The second-order valence-corrected chi connectivity index (χ2v) is 9.46. The van der Waals surface area contributed by atoms with Crippen LogP contribution < -0.4 is 10.6 Å². The molecule has 1 heterocycles. The van der Waals surface area contributed by atoms with E-state index in [4.69, 9.17) is 17.3 Å². The molecule has 2 fully saturated rings. The van der Waals surface area contributed by atoms with E-state index in [1.807, 2.05) is 9.80 Å². The molecule has 0 aromatic heterocycles. The van der Waals surface area contributed by atoms with Gasteiger partial charge in [-0.05, 0) is 49.1 Å². The molecule has 8 heteroatoms. The molecule has 0 spiro atoms. The average molecular weight is 480 g/mol. The summed E-state index contributed by atoms with van der Waals surface area (Å²) in [6, 6.07) is 10.7. The van der Waals surface area contributed by atoms with Gasteiger partial charge in [-0.15, -0.1) is 0 Å². The topological polar surface area (TPSA) is 49.6 Å². The molecule has 1 aliphatic heterocycles. The molecular weight excluding hydrogens is 451 g/mol. The quantitative estimate of drug-likeness (QED) is 0.525. The third kappa shape index (κ3) is 5.40. The van der Waals surface area contributed by atoms with Gasteiger partial charge in [0.15, 0.2) is 0 Å². The second kappa shape index (κ2) is 9.84. The molecule has 2 aromatic rings. The monoisotopic (exact) mass is 479 g/mol. The Kier molecular flexibility index (Phi) is 7.07. The average Bonchev–Trinajstić information content (AvgIpc) is 3.29. The maximum absolute atomic E-state index is 13.7. The van der Waals surface area contributed by atoms with Crippen LogP contribution in [0.4, 0.5) is 24.5 Å². The fourth-order valence-corrected chi connectivity index (χ4v) is 5.22. The van der Waals surface area contributed by atoms with E-state index in [2.05, 4.69) is 0 Å². The highest BCUT2D eigenvalue weighted by Crippen LogP contribution is 2.36. The summed E-state index contributed by atoms with van der Waals surface area (Å²) in [4.78, 5) is 16.9. The van der Waals surface area contributed by atoms with Gasteiger partial charge in [0.2, 0.25) is 5.91 Å². The van der Waals surface area contributed by atoms with Crippen LogP contribution in [0.5, 0.6) is 0 Å². The molecule has 4 nitrogen and oxygen atoms in total. The van der Waals surface area contributed by atoms with Gasteiger partial charge in [-0.2, -0.15) is 13.2 Å². The first kappa shape index (κ1) is 23.7. The van der Waals surface area contributed by atoms with Crippen molar-refractivity contribution in [3.8, 4) is 0 Å². The number of nitrogens with zero attached hydrogens (tertiary/aromatic N) is 2. The Morgan fingerprint density at radius 3 is 2.52 bits per heavy atom. The molecule has 1 saturated carbocycles. The van der Waals surface area contributed by atoms with E-state index in [-0.39, 0.29) is 30.0 Å². The first-order valence-electron chi connectivity index (χ1n) is 11.5. The zero-order valence-electron chi connectivity index (χ0n) is 18.5. The number of hydrogen-bond acceptors (Lipinski definition) is 3. The largest absolute Gasteiger partial charge is 0.416 e. The number of carbonyl (C=O) groups is 1. The van der Waals surface area contributed by atoms with Crippen molar-refractivity contribution in [1.29, 1.82) is 0 Å². The minimum absolute atomic E-state index is 0.0616. The minimum atomic E-state index is -4.44. The van der Waals surface area contributed by atoms with Crippen molar-refractivity contribution >= 4 is 28.9 Å². The van der Waals surface area contributed by atoms with Crippen molar-refractivity contribution in [2.75, 3.05) is 23.7 Å². The van der Waals surface area contributed by atoms with Gasteiger partial charge in [0, 0.05) is 37.3 Å². The number of benzene rings is 2. The summed E-state index contributed by atoms with van der Waals surface area (Å²) in [5, 5.41) is 0.356. The van der Waals surface area contributed by atoms with Gasteiger partial charge < -0.3 is 15.5 Å². The van der Waals surface area contributed by atoms with E-state index in [9.17, 15) is 18.0 Å². The molecule has 33 heavy (non-hydrogen) atoms. The second-order valence-electron chi connectivity index (χ2n) is 9.05. The molecule has 1 amide bonds. The summed E-state index contributed by atoms with van der Waals surface area (Å²) in [6.07, 6.45) is 1.44. The summed E-state index contributed by atoms with van der Waals surface area (Å²) < 4.78 is 41.0. The lowest BCUT2D eigenvalue weighted by atomic mass is 9.88. The highest BCUT2D eigenvalue weighted by atomic mass is 35.5. The van der Waals surface area contributed by atoms with Crippen LogP contribution in [0.2, 0.25) is 5.02 Å². The zero-order valence-corrected chi connectivity index (χ0v) is 19.2. The van der Waals surface area contributed by atoms with Crippen LogP contribution in [0.1, 0.15) is 49.7 Å². The highest BCUT2D eigenvalue weighted by Gasteiger charge is 2.37. The van der Waals surface area contributed by atoms with Crippen molar-refractivity contribution in [2.45, 2.75) is 57.3 Å². The Morgan fingerprint density at radius 1 is 1.09 bits per heavy atom. The van der Waals surface area contributed by atoms with Crippen LogP contribution >= 0.6 is 11.6 Å². The lowest BCUT2D eigenvalue weighted by molar-refractivity contribution is -0.138. The molecule has 4 rings (SSSR count). The smallest absolute Gasteiger partial charge is 0.398 e. The number of halogens is 4. The van der Waals surface area contributed by atoms with Crippen LogP contribution in [-0.2, 0) is 17.5 Å². The van der Waals surface area contributed by atoms with Gasteiger partial charge in [0.1, 0.15) is 0 Å². The number of anilines is 2. The number of alkyl halides is 3. The molecule has 2 aliphatic rings. The van der Waals surface area contributed by atoms with E-state index in [0.29, 0.717) is 35.9 Å². The third-order valence-electron chi connectivity index (χ3n) is 6.85. The molecule has 2 aromatic carbocycles. The predicted molar refractivity (Wildman–Crippen MR) is 125 cm³/mol. The number of amides is 1. The summed E-state index contributed by atoms with van der Waals surface area (Å²) in [5.74, 6) is 0.256. The van der Waals surface area contributed by atoms with Crippen LogP contribution in [0.3, 0.4) is 0 Å². The number of nitrogen functional groups attached to an aromatic ring is 1. The van der Waals surface area contributed by atoms with Gasteiger partial charge in [0.25, 0.3) is 0 Å². The van der Waals surface area contributed by atoms with Crippen molar-refractivity contribution in [1.82, 2.24) is 4.90 Å². The van der Waals surface area contributed by atoms with Gasteiger partial charge in [0.05, 0.1) is 16.3 Å². The Hall–Kier alpha value is -2.41. The lowest BCUT2D eigenvalue weighted by Crippen LogP contribution is -2.41. The fourth-order valence-electron chi connectivity index (χ4n) is 5.05. The number of nitrogens with two attached hydrogens (primary N) is 1. The Morgan fingerprint density at radius 2 is 1.82 bits per heavy atom. The Bertz CT molecular complexity index is 991. The molecule has 2 N–H and O–H groups in total. The first-order valence-corrected chi connectivity index (χ1v) is 11.9. The number of rotatable bonds is 5. The number of hydrogen-bond donors (Lipinski definition) is 1. The number of carbonyl (C=O) groups excluding carboxylic acids is 1. The van der Waals surface area contributed by atoms with Crippen molar-refractivity contribution in [3.05, 3.63) is 58.6 Å². The van der Waals surface area contributed by atoms with Crippen molar-refractivity contribution < 1.29 is 18.0 Å². The first-order chi connectivity index (χ1) is 15.7. The molecule has 0 radical (unpaired) electrons. The summed E-state index contributed by atoms with van der Waals surface area (Å²) in [6.45, 7) is 1.16. The van der Waals surface area contributed by atoms with Gasteiger partial charge in [-0.25, -0.2) is 0 Å². The van der Waals surface area contributed by atoms with E-state index in [1.165, 1.54) is 18.6 Å². The molecule has 0 bridgehead atoms. The van der Waals surface area contributed by atoms with Gasteiger partial charge >= 0.3 is 6.18 Å². The van der Waals surface area contributed by atoms with E-state index >= 15 is 0 Å². The summed E-state index contributed by atoms with van der Waals surface area (Å²) in [7, 11) is 0. The van der Waals surface area contributed by atoms with Crippen LogP contribution in [0.25, 0.3) is 0 Å². The summed E-state index contributed by atoms with van der Waals surface area (Å²) in [5.41, 5.74) is 6.52. The van der Waals surface area contributed by atoms with Crippen molar-refractivity contribution in [2.24, 2.45) is 5.92 Å². The predicted octanol–water partition coefficient (Wildman–Crippen LogP) is 6.13. The molecule has 1 atom stereocenters. The number of likely N-dealkylation sites (tertiary alicyclic amines) is 1. The molecule has 178 valence electrons. The molecule has 1 saturated heterocycles. The lowest BCUT2D eigenvalue weighted by Gasteiger charge is -2.33. The minimum Gasteiger partial charge on any atom is -0.398 e. The normalized spacial score (nSPS) is 19.6. The van der Waals surface area contributed by atoms with Crippen LogP contribution in [0.15, 0.2) is 42.5 Å². The molecule has 1 aliphatic carbocycles. The highest BCUT2D eigenvalue weighted by molar-refractivity contribution is 6.33. The van der Waals surface area contributed by atoms with E-state index < -0.39 is 11.7 Å². The maximum atomic E-state index is 13.7. The van der Waals surface area contributed by atoms with E-state index in [0.717, 1.165) is 31.7 Å². The Balaban J connectivity index is 1.60.